The van der Waals surface area contributed by atoms with Gasteiger partial charge in [0.1, 0.15) is 42.6 Å². The van der Waals surface area contributed by atoms with E-state index in [0.29, 0.717) is 29.0 Å². The van der Waals surface area contributed by atoms with Gasteiger partial charge in [-0.05, 0) is 101 Å². The van der Waals surface area contributed by atoms with Gasteiger partial charge in [0.05, 0.1) is 11.6 Å². The Hall–Kier alpha value is -8.60. The second-order valence-electron chi connectivity index (χ2n) is 18.1. The molecule has 3 atom stereocenters. The molecule has 0 radical (unpaired) electrons. The van der Waals surface area contributed by atoms with Crippen LogP contribution in [0.3, 0.4) is 0 Å². The van der Waals surface area contributed by atoms with E-state index in [-0.39, 0.29) is 56.0 Å². The van der Waals surface area contributed by atoms with Crippen molar-refractivity contribution in [1.82, 2.24) is 36.5 Å². The Balaban J connectivity index is 1.16. The Morgan fingerprint density at radius 2 is 1.31 bits per heavy atom. The van der Waals surface area contributed by atoms with Gasteiger partial charge < -0.3 is 67.0 Å². The SMILES string of the molecule is CCN(CC)c1ccc2c(-c3ccc(NC(=S)NCCCC(=O)N[C@@H](Cc4ccccc4)C(=O)NCCNC(=O)CC[C@H](NC(=O)N[C@@H](CCC(=O)O)C(=O)O)C(=O)O)cc3C(=O)O)c3ccc(=[N+](CC)CC)cc-3oc2c1. The third kappa shape index (κ3) is 17.5. The first-order chi connectivity index (χ1) is 37.3. The topological polar surface area (TPSA) is 321 Å². The van der Waals surface area contributed by atoms with Crippen LogP contribution in [0.15, 0.2) is 89.3 Å². The lowest BCUT2D eigenvalue weighted by Gasteiger charge is -2.22. The lowest BCUT2D eigenvalue weighted by molar-refractivity contribution is -0.141. The summed E-state index contributed by atoms with van der Waals surface area (Å²) in [4.78, 5) is 101. The number of carbonyl (C=O) groups excluding carboxylic acids is 4. The fraction of sp³-hybridized carbons (Fsp3) is 0.382. The molecule has 11 N–H and O–H groups in total. The largest absolute Gasteiger partial charge is 0.481 e. The van der Waals surface area contributed by atoms with Crippen molar-refractivity contribution < 1.29 is 63.2 Å². The van der Waals surface area contributed by atoms with Crippen LogP contribution in [-0.4, -0.2) is 137 Å². The van der Waals surface area contributed by atoms with Crippen molar-refractivity contribution >= 4 is 87.3 Å². The van der Waals surface area contributed by atoms with Crippen molar-refractivity contribution in [3.63, 3.8) is 0 Å². The van der Waals surface area contributed by atoms with Gasteiger partial charge in [-0.1, -0.05) is 36.4 Å². The predicted octanol–water partition coefficient (Wildman–Crippen LogP) is 4.44. The van der Waals surface area contributed by atoms with Crippen LogP contribution < -0.4 is 52.1 Å². The van der Waals surface area contributed by atoms with Crippen molar-refractivity contribution in [3.05, 3.63) is 101 Å². The summed E-state index contributed by atoms with van der Waals surface area (Å²) in [5.74, 6) is -6.38. The third-order valence-corrected chi connectivity index (χ3v) is 13.0. The average molecular weight is 1100 g/mol. The number of carbonyl (C=O) groups is 8. The lowest BCUT2D eigenvalue weighted by Crippen LogP contribution is -2.51. The molecule has 1 aliphatic carbocycles. The summed E-state index contributed by atoms with van der Waals surface area (Å²) < 4.78 is 8.81. The Labute approximate surface area is 456 Å². The van der Waals surface area contributed by atoms with E-state index in [4.69, 9.17) is 21.7 Å². The fourth-order valence-corrected chi connectivity index (χ4v) is 8.93. The standard InChI is InChI=1S/C55H67N9O13S/c1-5-63(6-2)35-17-20-38-44(31-35)77-45-32-36(64(7-3)8-4)18-21-39(45)49(38)37-19-16-34(30-40(37)51(70)71)59-55(78)58-26-12-15-47(66)60-43(29-33-13-10-9-11-14-33)50(69)57-28-27-56-46(65)24-22-41(52(72)73)61-54(76)62-42(53(74)75)23-25-48(67)68/h9-11,13-14,16-21,30-32,41-43H,5-8,12,15,22-29H2,1-4H3,(H10,56,57,58,60,61,62,65,66,67,68,69,70,71,72,73,74,75,76,78)/p+1/t41-,42-,43-/m0/s1. The zero-order chi connectivity index (χ0) is 56.9. The first kappa shape index (κ1) is 60.3. The number of fused-ring (bicyclic) bond motifs is 2. The van der Waals surface area contributed by atoms with Crippen LogP contribution in [-0.2, 0) is 35.2 Å². The normalized spacial score (nSPS) is 12.1. The first-order valence-corrected chi connectivity index (χ1v) is 26.1. The Bertz CT molecular complexity index is 3010. The molecule has 23 heteroatoms. The van der Waals surface area contributed by atoms with Gasteiger partial charge in [-0.15, -0.1) is 0 Å². The van der Waals surface area contributed by atoms with E-state index in [2.05, 4.69) is 69.1 Å². The third-order valence-electron chi connectivity index (χ3n) is 12.8. The second-order valence-corrected chi connectivity index (χ2v) is 18.5. The maximum Gasteiger partial charge on any atom is 0.336 e. The van der Waals surface area contributed by atoms with Crippen LogP contribution in [0, 0.1) is 0 Å². The molecule has 22 nitrogen and oxygen atoms in total. The number of anilines is 2. The molecule has 0 saturated carbocycles. The molecule has 2 aliphatic rings. The molecular formula is C55H68N9O13S+. The average Bonchev–Trinajstić information content (AvgIpc) is 3.54. The molecule has 0 unspecified atom stereocenters. The summed E-state index contributed by atoms with van der Waals surface area (Å²) in [6, 6.07) is 20.7. The molecule has 78 heavy (non-hydrogen) atoms. The van der Waals surface area contributed by atoms with Crippen molar-refractivity contribution in [2.24, 2.45) is 0 Å². The van der Waals surface area contributed by atoms with E-state index in [0.717, 1.165) is 59.3 Å². The summed E-state index contributed by atoms with van der Waals surface area (Å²) in [6.45, 7) is 11.7. The highest BCUT2D eigenvalue weighted by Gasteiger charge is 2.27. The smallest absolute Gasteiger partial charge is 0.336 e. The number of aliphatic carboxylic acids is 3. The first-order valence-electron chi connectivity index (χ1n) is 25.7. The molecule has 3 aromatic carbocycles. The summed E-state index contributed by atoms with van der Waals surface area (Å²) in [6.07, 6.45) is -1.27. The van der Waals surface area contributed by atoms with Crippen molar-refractivity contribution in [2.45, 2.75) is 90.8 Å². The lowest BCUT2D eigenvalue weighted by atomic mass is 9.90. The molecule has 3 aromatic rings. The number of aromatic carboxylic acids is 1. The second kappa shape index (κ2) is 29.6. The minimum Gasteiger partial charge on any atom is -0.481 e. The highest BCUT2D eigenvalue weighted by molar-refractivity contribution is 7.80. The predicted molar refractivity (Wildman–Crippen MR) is 297 cm³/mol. The van der Waals surface area contributed by atoms with Crippen molar-refractivity contribution in [2.75, 3.05) is 56.0 Å². The Morgan fingerprint density at radius 3 is 1.94 bits per heavy atom. The van der Waals surface area contributed by atoms with Crippen LogP contribution in [0.1, 0.15) is 82.1 Å². The molecule has 1 heterocycles. The number of benzene rings is 4. The summed E-state index contributed by atoms with van der Waals surface area (Å²) >= 11 is 5.57. The van der Waals surface area contributed by atoms with E-state index < -0.39 is 78.6 Å². The molecule has 0 saturated heterocycles. The highest BCUT2D eigenvalue weighted by atomic mass is 32.1. The van der Waals surface area contributed by atoms with Gasteiger partial charge in [-0.2, -0.15) is 0 Å². The molecule has 416 valence electrons. The van der Waals surface area contributed by atoms with Gasteiger partial charge in [-0.25, -0.2) is 23.8 Å². The van der Waals surface area contributed by atoms with Gasteiger partial charge in [0.25, 0.3) is 0 Å². The van der Waals surface area contributed by atoms with Crippen LogP contribution in [0.25, 0.3) is 33.4 Å². The molecular weight excluding hydrogens is 1030 g/mol. The highest BCUT2D eigenvalue weighted by Crippen LogP contribution is 2.42. The van der Waals surface area contributed by atoms with E-state index in [1.807, 2.05) is 47.8 Å². The van der Waals surface area contributed by atoms with Gasteiger partial charge in [-0.3, -0.25) is 19.2 Å². The number of nitrogens with one attached hydrogen (secondary N) is 7. The molecule has 0 spiro atoms. The van der Waals surface area contributed by atoms with Crippen molar-refractivity contribution in [3.8, 4) is 22.5 Å². The number of thiocarbonyl (C=S) groups is 1. The molecule has 0 fully saturated rings. The molecule has 0 bridgehead atoms. The van der Waals surface area contributed by atoms with Crippen molar-refractivity contribution in [1.29, 1.82) is 0 Å². The minimum atomic E-state index is -1.59. The van der Waals surface area contributed by atoms with Gasteiger partial charge in [0, 0.05) is 98.4 Å². The van der Waals surface area contributed by atoms with Crippen LogP contribution in [0.5, 0.6) is 0 Å². The van der Waals surface area contributed by atoms with Gasteiger partial charge in [0.2, 0.25) is 23.1 Å². The summed E-state index contributed by atoms with van der Waals surface area (Å²) in [5, 5.41) is 58.4. The Morgan fingerprint density at radius 1 is 0.654 bits per heavy atom. The van der Waals surface area contributed by atoms with E-state index in [1.54, 1.807) is 36.4 Å². The fourth-order valence-electron chi connectivity index (χ4n) is 8.71. The summed E-state index contributed by atoms with van der Waals surface area (Å²) in [5.41, 5.74) is 4.82. The van der Waals surface area contributed by atoms with Crippen LogP contribution >= 0.6 is 12.2 Å². The van der Waals surface area contributed by atoms with Crippen LogP contribution in [0.2, 0.25) is 0 Å². The minimum absolute atomic E-state index is 0.0128. The monoisotopic (exact) mass is 1090 g/mol. The van der Waals surface area contributed by atoms with Crippen LogP contribution in [0.4, 0.5) is 16.2 Å². The number of nitrogens with zero attached hydrogens (tertiary/aromatic N) is 2. The maximum atomic E-state index is 13.4. The number of urea groups is 1. The zero-order valence-electron chi connectivity index (χ0n) is 44.0. The number of carboxylic acid groups (broad SMARTS) is 4. The van der Waals surface area contributed by atoms with E-state index >= 15 is 0 Å². The molecule has 5 amide bonds. The molecule has 0 aromatic heterocycles. The Kier molecular flexibility index (Phi) is 22.9. The number of carboxylic acids is 4. The van der Waals surface area contributed by atoms with Gasteiger partial charge >= 0.3 is 29.9 Å². The summed E-state index contributed by atoms with van der Waals surface area (Å²) in [7, 11) is 0. The van der Waals surface area contributed by atoms with Gasteiger partial charge in [0.15, 0.2) is 5.11 Å². The molecule has 5 rings (SSSR count). The molecule has 1 aliphatic heterocycles. The number of hydrogen-bond donors (Lipinski definition) is 11. The van der Waals surface area contributed by atoms with E-state index in [9.17, 15) is 53.7 Å². The number of amides is 5. The number of rotatable bonds is 29. The number of hydrogen-bond acceptors (Lipinski definition) is 11. The maximum absolute atomic E-state index is 13.4. The van der Waals surface area contributed by atoms with E-state index in [1.165, 1.54) is 6.07 Å². The zero-order valence-corrected chi connectivity index (χ0v) is 44.8. The quantitative estimate of drug-likeness (QED) is 0.0136.